The van der Waals surface area contributed by atoms with Gasteiger partial charge in [0.1, 0.15) is 5.69 Å². The maximum absolute atomic E-state index is 12.7. The van der Waals surface area contributed by atoms with Crippen LogP contribution in [-0.2, 0) is 0 Å². The number of nitro groups is 1. The molecule has 7 heteroatoms. The molecular weight excluding hydrogens is 320 g/mol. The first kappa shape index (κ1) is 16.9. The first-order valence-electron chi connectivity index (χ1n) is 8.18. The van der Waals surface area contributed by atoms with Crippen LogP contribution in [0.15, 0.2) is 48.5 Å². The van der Waals surface area contributed by atoms with Gasteiger partial charge in [-0.25, -0.2) is 0 Å². The quantitative estimate of drug-likeness (QED) is 0.660. The number of anilines is 2. The van der Waals surface area contributed by atoms with Gasteiger partial charge in [0, 0.05) is 43.0 Å². The number of hydrogen-bond donors (Lipinski definition) is 2. The standard InChI is InChI=1S/C18H20N4O3/c1-13-12-19-9-10-21(13)18(23)14-7-8-16(17(11-14)22(24)25)20-15-5-3-2-4-6-15/h2-8,11,13,19-20H,9-10,12H2,1H3. The summed E-state index contributed by atoms with van der Waals surface area (Å²) in [7, 11) is 0. The Balaban J connectivity index is 1.88. The summed E-state index contributed by atoms with van der Waals surface area (Å²) in [4.78, 5) is 25.4. The summed E-state index contributed by atoms with van der Waals surface area (Å²) >= 11 is 0. The molecule has 0 aliphatic carbocycles. The normalized spacial score (nSPS) is 17.2. The number of hydrogen-bond acceptors (Lipinski definition) is 5. The molecule has 7 nitrogen and oxygen atoms in total. The fraction of sp³-hybridized carbons (Fsp3) is 0.278. The van der Waals surface area contributed by atoms with E-state index in [-0.39, 0.29) is 17.6 Å². The topological polar surface area (TPSA) is 87.5 Å². The average molecular weight is 340 g/mol. The zero-order valence-corrected chi connectivity index (χ0v) is 13.9. The third kappa shape index (κ3) is 3.77. The first-order valence-corrected chi connectivity index (χ1v) is 8.18. The lowest BCUT2D eigenvalue weighted by atomic mass is 10.1. The van der Waals surface area contributed by atoms with Crippen molar-refractivity contribution in [2.45, 2.75) is 13.0 Å². The van der Waals surface area contributed by atoms with Crippen LogP contribution in [0, 0.1) is 10.1 Å². The molecule has 1 saturated heterocycles. The molecular formula is C18H20N4O3. The minimum Gasteiger partial charge on any atom is -0.350 e. The second kappa shape index (κ2) is 7.31. The van der Waals surface area contributed by atoms with Crippen molar-refractivity contribution in [2.24, 2.45) is 0 Å². The number of carbonyl (C=O) groups is 1. The molecule has 0 saturated carbocycles. The van der Waals surface area contributed by atoms with Crippen LogP contribution in [0.25, 0.3) is 0 Å². The van der Waals surface area contributed by atoms with Gasteiger partial charge in [-0.2, -0.15) is 0 Å². The van der Waals surface area contributed by atoms with E-state index in [1.807, 2.05) is 37.3 Å². The maximum Gasteiger partial charge on any atom is 0.293 e. The van der Waals surface area contributed by atoms with Crippen molar-refractivity contribution in [3.63, 3.8) is 0 Å². The van der Waals surface area contributed by atoms with E-state index in [4.69, 9.17) is 0 Å². The van der Waals surface area contributed by atoms with Gasteiger partial charge in [0.05, 0.1) is 4.92 Å². The van der Waals surface area contributed by atoms with Gasteiger partial charge < -0.3 is 15.5 Å². The van der Waals surface area contributed by atoms with Crippen molar-refractivity contribution in [3.8, 4) is 0 Å². The molecule has 2 N–H and O–H groups in total. The summed E-state index contributed by atoms with van der Waals surface area (Å²) in [5.74, 6) is -0.177. The predicted molar refractivity (Wildman–Crippen MR) is 96.2 cm³/mol. The van der Waals surface area contributed by atoms with Crippen LogP contribution in [0.5, 0.6) is 0 Å². The Bertz CT molecular complexity index is 779. The Morgan fingerprint density at radius 2 is 2.04 bits per heavy atom. The Morgan fingerprint density at radius 3 is 2.72 bits per heavy atom. The van der Waals surface area contributed by atoms with Crippen molar-refractivity contribution >= 4 is 23.0 Å². The highest BCUT2D eigenvalue weighted by Crippen LogP contribution is 2.29. The molecule has 0 spiro atoms. The third-order valence-electron chi connectivity index (χ3n) is 4.26. The summed E-state index contributed by atoms with van der Waals surface area (Å²) < 4.78 is 0. The monoisotopic (exact) mass is 340 g/mol. The molecule has 1 aliphatic heterocycles. The highest BCUT2D eigenvalue weighted by atomic mass is 16.6. The number of benzene rings is 2. The second-order valence-electron chi connectivity index (χ2n) is 6.03. The van der Waals surface area contributed by atoms with Gasteiger partial charge in [0.25, 0.3) is 11.6 Å². The fourth-order valence-electron chi connectivity index (χ4n) is 2.91. The summed E-state index contributed by atoms with van der Waals surface area (Å²) in [5, 5.41) is 17.7. The van der Waals surface area contributed by atoms with Gasteiger partial charge in [0.15, 0.2) is 0 Å². The molecule has 130 valence electrons. The number of piperazine rings is 1. The molecule has 0 bridgehead atoms. The second-order valence-corrected chi connectivity index (χ2v) is 6.03. The van der Waals surface area contributed by atoms with E-state index in [1.54, 1.807) is 17.0 Å². The van der Waals surface area contributed by atoms with E-state index in [2.05, 4.69) is 10.6 Å². The minimum atomic E-state index is -0.469. The summed E-state index contributed by atoms with van der Waals surface area (Å²) in [5.41, 5.74) is 1.33. The van der Waals surface area contributed by atoms with Crippen molar-refractivity contribution < 1.29 is 9.72 Å². The number of carbonyl (C=O) groups excluding carboxylic acids is 1. The third-order valence-corrected chi connectivity index (χ3v) is 4.26. The Hall–Kier alpha value is -2.93. The molecule has 25 heavy (non-hydrogen) atoms. The van der Waals surface area contributed by atoms with Crippen LogP contribution in [0.1, 0.15) is 17.3 Å². The molecule has 1 fully saturated rings. The van der Waals surface area contributed by atoms with E-state index < -0.39 is 4.92 Å². The van der Waals surface area contributed by atoms with Crippen molar-refractivity contribution in [2.75, 3.05) is 25.0 Å². The van der Waals surface area contributed by atoms with E-state index >= 15 is 0 Å². The van der Waals surface area contributed by atoms with Crippen molar-refractivity contribution in [1.82, 2.24) is 10.2 Å². The molecule has 1 atom stereocenters. The molecule has 2 aromatic carbocycles. The SMILES string of the molecule is CC1CNCCN1C(=O)c1ccc(Nc2ccccc2)c([N+](=O)[O-])c1. The van der Waals surface area contributed by atoms with Gasteiger partial charge in [-0.1, -0.05) is 18.2 Å². The predicted octanol–water partition coefficient (Wildman–Crippen LogP) is 2.77. The molecule has 1 heterocycles. The van der Waals surface area contributed by atoms with Gasteiger partial charge in [0.2, 0.25) is 0 Å². The lowest BCUT2D eigenvalue weighted by Gasteiger charge is -2.34. The molecule has 1 amide bonds. The van der Waals surface area contributed by atoms with E-state index in [0.717, 1.165) is 18.8 Å². The van der Waals surface area contributed by atoms with Crippen LogP contribution >= 0.6 is 0 Å². The van der Waals surface area contributed by atoms with Crippen LogP contribution in [0.4, 0.5) is 17.1 Å². The molecule has 2 aromatic rings. The molecule has 0 radical (unpaired) electrons. The van der Waals surface area contributed by atoms with Crippen LogP contribution in [0.3, 0.4) is 0 Å². The van der Waals surface area contributed by atoms with Gasteiger partial charge in [-0.15, -0.1) is 0 Å². The van der Waals surface area contributed by atoms with Crippen molar-refractivity contribution in [1.29, 1.82) is 0 Å². The number of amides is 1. The summed E-state index contributed by atoms with van der Waals surface area (Å²) in [6.07, 6.45) is 0. The van der Waals surface area contributed by atoms with E-state index in [1.165, 1.54) is 6.07 Å². The van der Waals surface area contributed by atoms with Gasteiger partial charge in [-0.05, 0) is 31.2 Å². The van der Waals surface area contributed by atoms with Crippen LogP contribution in [0.2, 0.25) is 0 Å². The highest BCUT2D eigenvalue weighted by molar-refractivity contribution is 5.96. The first-order chi connectivity index (χ1) is 12.1. The average Bonchev–Trinajstić information content (AvgIpc) is 2.62. The molecule has 3 rings (SSSR count). The Morgan fingerprint density at radius 1 is 1.28 bits per heavy atom. The molecule has 1 aliphatic rings. The lowest BCUT2D eigenvalue weighted by Crippen LogP contribution is -2.52. The smallest absolute Gasteiger partial charge is 0.293 e. The van der Waals surface area contributed by atoms with Crippen LogP contribution < -0.4 is 10.6 Å². The van der Waals surface area contributed by atoms with E-state index in [9.17, 15) is 14.9 Å². The summed E-state index contributed by atoms with van der Waals surface area (Å²) in [6, 6.07) is 13.8. The van der Waals surface area contributed by atoms with Gasteiger partial charge >= 0.3 is 0 Å². The molecule has 1 unspecified atom stereocenters. The number of nitro benzene ring substituents is 1. The lowest BCUT2D eigenvalue weighted by molar-refractivity contribution is -0.383. The van der Waals surface area contributed by atoms with E-state index in [0.29, 0.717) is 17.8 Å². The molecule has 0 aromatic heterocycles. The Labute approximate surface area is 145 Å². The van der Waals surface area contributed by atoms with Crippen LogP contribution in [-0.4, -0.2) is 41.4 Å². The minimum absolute atomic E-state index is 0.0578. The number of nitrogens with one attached hydrogen (secondary N) is 2. The Kier molecular flexibility index (Phi) is 4.95. The number of para-hydroxylation sites is 1. The maximum atomic E-state index is 12.7. The van der Waals surface area contributed by atoms with Gasteiger partial charge in [-0.3, -0.25) is 14.9 Å². The summed E-state index contributed by atoms with van der Waals surface area (Å²) in [6.45, 7) is 4.01. The number of rotatable bonds is 4. The highest BCUT2D eigenvalue weighted by Gasteiger charge is 2.26. The fourth-order valence-corrected chi connectivity index (χ4v) is 2.91. The zero-order chi connectivity index (χ0) is 17.8. The number of nitrogens with zero attached hydrogens (tertiary/aromatic N) is 2. The zero-order valence-electron chi connectivity index (χ0n) is 13.9. The largest absolute Gasteiger partial charge is 0.350 e. The van der Waals surface area contributed by atoms with Crippen molar-refractivity contribution in [3.05, 3.63) is 64.2 Å².